The van der Waals surface area contributed by atoms with E-state index in [2.05, 4.69) is 51.0 Å². The summed E-state index contributed by atoms with van der Waals surface area (Å²) in [6, 6.07) is 6.73. The summed E-state index contributed by atoms with van der Waals surface area (Å²) in [7, 11) is 0. The molecule has 2 rings (SSSR count). The topological polar surface area (TPSA) is 43.8 Å². The molecule has 0 bridgehead atoms. The minimum atomic E-state index is 0.331. The highest BCUT2D eigenvalue weighted by Crippen LogP contribution is 2.27. The fraction of sp³-hybridized carbons (Fsp3) is 0.357. The molecule has 17 heavy (non-hydrogen) atoms. The zero-order valence-electron chi connectivity index (χ0n) is 10.9. The van der Waals surface area contributed by atoms with Gasteiger partial charge in [0.15, 0.2) is 0 Å². The molecule has 1 aromatic heterocycles. The number of benzene rings is 1. The van der Waals surface area contributed by atoms with E-state index in [1.165, 1.54) is 11.1 Å². The largest absolute Gasteiger partial charge is 0.396 e. The summed E-state index contributed by atoms with van der Waals surface area (Å²) >= 11 is 0. The number of nitrogens with two attached hydrogens (primary N) is 1. The molecule has 1 aromatic carbocycles. The number of nitrogen functional groups attached to an aromatic ring is 1. The van der Waals surface area contributed by atoms with Gasteiger partial charge in [0.05, 0.1) is 5.69 Å². The Kier molecular flexibility index (Phi) is 2.92. The molecule has 1 heterocycles. The monoisotopic (exact) mass is 229 g/mol. The molecule has 0 aliphatic carbocycles. The maximum absolute atomic E-state index is 6.03. The van der Waals surface area contributed by atoms with Crippen LogP contribution in [0.3, 0.4) is 0 Å². The molecule has 90 valence electrons. The molecular weight excluding hydrogens is 210 g/mol. The van der Waals surface area contributed by atoms with E-state index in [0.29, 0.717) is 6.04 Å². The zero-order chi connectivity index (χ0) is 12.6. The van der Waals surface area contributed by atoms with E-state index in [1.54, 1.807) is 0 Å². The number of anilines is 1. The molecule has 3 heteroatoms. The highest BCUT2D eigenvalue weighted by molar-refractivity contribution is 5.72. The normalized spacial score (nSPS) is 11.1. The Morgan fingerprint density at radius 2 is 1.71 bits per heavy atom. The molecule has 0 aliphatic rings. The van der Waals surface area contributed by atoms with Gasteiger partial charge in [-0.05, 0) is 39.8 Å². The van der Waals surface area contributed by atoms with Gasteiger partial charge in [-0.25, -0.2) is 0 Å². The van der Waals surface area contributed by atoms with Crippen molar-refractivity contribution in [1.82, 2.24) is 9.78 Å². The van der Waals surface area contributed by atoms with Crippen molar-refractivity contribution in [2.75, 3.05) is 5.73 Å². The van der Waals surface area contributed by atoms with Crippen LogP contribution >= 0.6 is 0 Å². The number of aromatic nitrogens is 2. The van der Waals surface area contributed by atoms with E-state index in [-0.39, 0.29) is 0 Å². The molecule has 2 N–H and O–H groups in total. The Hall–Kier alpha value is -1.77. The molecule has 0 radical (unpaired) electrons. The second-order valence-corrected chi connectivity index (χ2v) is 4.88. The minimum Gasteiger partial charge on any atom is -0.396 e. The molecule has 0 unspecified atom stereocenters. The van der Waals surface area contributed by atoms with Crippen molar-refractivity contribution in [3.63, 3.8) is 0 Å². The summed E-state index contributed by atoms with van der Waals surface area (Å²) in [4.78, 5) is 0. The maximum Gasteiger partial charge on any atom is 0.115 e. The average molecular weight is 229 g/mol. The number of aryl methyl sites for hydroxylation is 2. The maximum atomic E-state index is 6.03. The Morgan fingerprint density at radius 3 is 2.18 bits per heavy atom. The van der Waals surface area contributed by atoms with Gasteiger partial charge in [-0.1, -0.05) is 17.2 Å². The molecular formula is C14H19N3. The Labute approximate surface area is 102 Å². The lowest BCUT2D eigenvalue weighted by Crippen LogP contribution is -2.00. The first-order chi connectivity index (χ1) is 7.97. The van der Waals surface area contributed by atoms with Crippen molar-refractivity contribution in [2.24, 2.45) is 0 Å². The molecule has 0 amide bonds. The number of hydrogen-bond donors (Lipinski definition) is 1. The predicted molar refractivity (Wildman–Crippen MR) is 71.9 cm³/mol. The molecule has 0 fully saturated rings. The van der Waals surface area contributed by atoms with Gasteiger partial charge in [0.2, 0.25) is 0 Å². The lowest BCUT2D eigenvalue weighted by molar-refractivity contribution is 0.534. The molecule has 3 nitrogen and oxygen atoms in total. The number of nitrogens with zero attached hydrogens (tertiary/aromatic N) is 2. The van der Waals surface area contributed by atoms with E-state index in [9.17, 15) is 0 Å². The Bertz CT molecular complexity index is 518. The highest BCUT2D eigenvalue weighted by atomic mass is 15.3. The van der Waals surface area contributed by atoms with Crippen LogP contribution in [0.1, 0.15) is 31.0 Å². The van der Waals surface area contributed by atoms with E-state index in [1.807, 2.05) is 10.9 Å². The van der Waals surface area contributed by atoms with Gasteiger partial charge in [0.25, 0.3) is 0 Å². The molecule has 0 aliphatic heterocycles. The van der Waals surface area contributed by atoms with Crippen LogP contribution in [0.2, 0.25) is 0 Å². The third-order valence-electron chi connectivity index (χ3n) is 2.78. The fourth-order valence-corrected chi connectivity index (χ4v) is 2.01. The number of hydrogen-bond acceptors (Lipinski definition) is 2. The number of rotatable bonds is 2. The van der Waals surface area contributed by atoms with E-state index < -0.39 is 0 Å². The van der Waals surface area contributed by atoms with Gasteiger partial charge in [-0.15, -0.1) is 0 Å². The summed E-state index contributed by atoms with van der Waals surface area (Å²) in [5, 5.41) is 4.55. The van der Waals surface area contributed by atoms with Crippen LogP contribution in [0.25, 0.3) is 11.3 Å². The van der Waals surface area contributed by atoms with Crippen molar-refractivity contribution in [3.8, 4) is 11.3 Å². The van der Waals surface area contributed by atoms with Crippen LogP contribution in [0.4, 0.5) is 5.69 Å². The van der Waals surface area contributed by atoms with Crippen molar-refractivity contribution in [3.05, 3.63) is 35.5 Å². The van der Waals surface area contributed by atoms with Crippen LogP contribution in [0, 0.1) is 13.8 Å². The lowest BCUT2D eigenvalue weighted by Gasteiger charge is -2.05. The van der Waals surface area contributed by atoms with Gasteiger partial charge in [-0.3, -0.25) is 4.68 Å². The summed E-state index contributed by atoms with van der Waals surface area (Å²) in [6.45, 7) is 8.37. The first-order valence-corrected chi connectivity index (χ1v) is 5.90. The summed E-state index contributed by atoms with van der Waals surface area (Å²) in [6.07, 6.45) is 1.90. The molecule has 0 atom stereocenters. The molecule has 0 spiro atoms. The Morgan fingerprint density at radius 1 is 1.12 bits per heavy atom. The summed E-state index contributed by atoms with van der Waals surface area (Å²) in [5.74, 6) is 0. The van der Waals surface area contributed by atoms with Crippen molar-refractivity contribution in [1.29, 1.82) is 0 Å². The van der Waals surface area contributed by atoms with Crippen molar-refractivity contribution in [2.45, 2.75) is 33.7 Å². The second kappa shape index (κ2) is 4.24. The van der Waals surface area contributed by atoms with Crippen molar-refractivity contribution >= 4 is 5.69 Å². The third-order valence-corrected chi connectivity index (χ3v) is 2.78. The van der Waals surface area contributed by atoms with Crippen LogP contribution < -0.4 is 5.73 Å². The fourth-order valence-electron chi connectivity index (χ4n) is 2.01. The van der Waals surface area contributed by atoms with Crippen molar-refractivity contribution < 1.29 is 0 Å². The molecule has 0 saturated heterocycles. The van der Waals surface area contributed by atoms with Crippen LogP contribution in [0.15, 0.2) is 24.4 Å². The van der Waals surface area contributed by atoms with Gasteiger partial charge in [0.1, 0.15) is 5.69 Å². The van der Waals surface area contributed by atoms with E-state index in [0.717, 1.165) is 16.9 Å². The molecule has 0 saturated carbocycles. The van der Waals surface area contributed by atoms with Crippen LogP contribution in [-0.2, 0) is 0 Å². The van der Waals surface area contributed by atoms with E-state index >= 15 is 0 Å². The second-order valence-electron chi connectivity index (χ2n) is 4.88. The van der Waals surface area contributed by atoms with Gasteiger partial charge in [-0.2, -0.15) is 5.10 Å². The van der Waals surface area contributed by atoms with Gasteiger partial charge < -0.3 is 5.73 Å². The lowest BCUT2D eigenvalue weighted by atomic mass is 10.0. The van der Waals surface area contributed by atoms with Gasteiger partial charge in [0, 0.05) is 17.8 Å². The van der Waals surface area contributed by atoms with Crippen LogP contribution in [-0.4, -0.2) is 9.78 Å². The predicted octanol–water partition coefficient (Wildman–Crippen LogP) is 3.33. The Balaban J connectivity index is 2.52. The summed E-state index contributed by atoms with van der Waals surface area (Å²) < 4.78 is 1.91. The SMILES string of the molecule is Cc1cc(C)cc(-c2nn(C(C)C)cc2N)c1. The quantitative estimate of drug-likeness (QED) is 0.858. The van der Waals surface area contributed by atoms with Gasteiger partial charge >= 0.3 is 0 Å². The standard InChI is InChI=1S/C14H19N3/c1-9(2)17-8-13(15)14(16-17)12-6-10(3)5-11(4)7-12/h5-9H,15H2,1-4H3. The third kappa shape index (κ3) is 2.33. The average Bonchev–Trinajstić information content (AvgIpc) is 2.59. The highest BCUT2D eigenvalue weighted by Gasteiger charge is 2.10. The van der Waals surface area contributed by atoms with Crippen LogP contribution in [0.5, 0.6) is 0 Å². The minimum absolute atomic E-state index is 0.331. The van der Waals surface area contributed by atoms with E-state index in [4.69, 9.17) is 5.73 Å². The summed E-state index contributed by atoms with van der Waals surface area (Å²) in [5.41, 5.74) is 11.2. The smallest absolute Gasteiger partial charge is 0.115 e. The molecule has 2 aromatic rings. The first kappa shape index (κ1) is 11.7. The first-order valence-electron chi connectivity index (χ1n) is 5.90. The zero-order valence-corrected chi connectivity index (χ0v) is 10.9.